The maximum atomic E-state index is 10.7. The van der Waals surface area contributed by atoms with Crippen LogP contribution in [0.3, 0.4) is 0 Å². The maximum absolute atomic E-state index is 10.7. The van der Waals surface area contributed by atoms with E-state index < -0.39 is 5.97 Å². The number of carboxylic acid groups (broad SMARTS) is 1. The third-order valence-electron chi connectivity index (χ3n) is 2.07. The smallest absolute Gasteiger partial charge is 0.335 e. The Balaban J connectivity index is 2.79. The molecule has 0 bridgehead atoms. The normalized spacial score (nSPS) is 10.3. The van der Waals surface area contributed by atoms with E-state index in [1.54, 1.807) is 12.3 Å². The number of carboxylic acids is 1. The molecule has 0 fully saturated rings. The van der Waals surface area contributed by atoms with Crippen LogP contribution in [-0.2, 0) is 0 Å². The van der Waals surface area contributed by atoms with Gasteiger partial charge >= 0.3 is 5.97 Å². The molecular weight excluding hydrogens is 182 g/mol. The predicted molar refractivity (Wildman–Crippen MR) is 50.6 cm³/mol. The Bertz CT molecular complexity index is 513. The molecule has 14 heavy (non-hydrogen) atoms. The number of rotatable bonds is 2. The highest BCUT2D eigenvalue weighted by Crippen LogP contribution is 2.18. The first-order valence-electron chi connectivity index (χ1n) is 4.02. The van der Waals surface area contributed by atoms with E-state index >= 15 is 0 Å². The van der Waals surface area contributed by atoms with Crippen LogP contribution in [0.1, 0.15) is 20.7 Å². The average molecular weight is 189 g/mol. The second kappa shape index (κ2) is 2.99. The molecule has 4 nitrogen and oxygen atoms in total. The van der Waals surface area contributed by atoms with E-state index in [1.807, 2.05) is 0 Å². The SMILES string of the molecule is O=Cc1cc(C(=O)O)cc2[nH]ccc12. The molecule has 70 valence electrons. The molecular formula is C10H7NO3. The van der Waals surface area contributed by atoms with E-state index in [2.05, 4.69) is 4.98 Å². The molecule has 1 aromatic carbocycles. The van der Waals surface area contributed by atoms with Crippen molar-refractivity contribution in [2.75, 3.05) is 0 Å². The average Bonchev–Trinajstić information content (AvgIpc) is 2.63. The Kier molecular flexibility index (Phi) is 1.81. The summed E-state index contributed by atoms with van der Waals surface area (Å²) in [5.74, 6) is -1.04. The minimum absolute atomic E-state index is 0.113. The molecule has 1 heterocycles. The lowest BCUT2D eigenvalue weighted by atomic mass is 10.1. The number of benzene rings is 1. The van der Waals surface area contributed by atoms with Crippen molar-refractivity contribution in [3.8, 4) is 0 Å². The van der Waals surface area contributed by atoms with E-state index in [4.69, 9.17) is 5.11 Å². The summed E-state index contributed by atoms with van der Waals surface area (Å²) >= 11 is 0. The third-order valence-corrected chi connectivity index (χ3v) is 2.07. The lowest BCUT2D eigenvalue weighted by Gasteiger charge is -1.98. The maximum Gasteiger partial charge on any atom is 0.335 e. The summed E-state index contributed by atoms with van der Waals surface area (Å²) < 4.78 is 0. The molecule has 0 unspecified atom stereocenters. The molecule has 1 aromatic heterocycles. The molecule has 2 N–H and O–H groups in total. The molecule has 0 saturated heterocycles. The molecule has 0 aliphatic heterocycles. The van der Waals surface area contributed by atoms with Gasteiger partial charge in [-0.1, -0.05) is 0 Å². The molecule has 0 aliphatic rings. The lowest BCUT2D eigenvalue weighted by Crippen LogP contribution is -1.97. The molecule has 0 aliphatic carbocycles. The number of carbonyl (C=O) groups is 2. The van der Waals surface area contributed by atoms with Gasteiger partial charge in [-0.3, -0.25) is 4.79 Å². The second-order valence-electron chi connectivity index (χ2n) is 2.93. The summed E-state index contributed by atoms with van der Waals surface area (Å²) in [5.41, 5.74) is 1.16. The Morgan fingerprint density at radius 3 is 2.86 bits per heavy atom. The van der Waals surface area contributed by atoms with Crippen molar-refractivity contribution in [2.45, 2.75) is 0 Å². The minimum Gasteiger partial charge on any atom is -0.478 e. The molecule has 0 spiro atoms. The fraction of sp³-hybridized carbons (Fsp3) is 0. The van der Waals surface area contributed by atoms with Gasteiger partial charge in [0.2, 0.25) is 0 Å². The van der Waals surface area contributed by atoms with E-state index in [0.717, 1.165) is 5.39 Å². The highest BCUT2D eigenvalue weighted by molar-refractivity contribution is 6.02. The zero-order valence-corrected chi connectivity index (χ0v) is 7.15. The first-order valence-corrected chi connectivity index (χ1v) is 4.02. The summed E-state index contributed by atoms with van der Waals surface area (Å²) in [6.45, 7) is 0. The highest BCUT2D eigenvalue weighted by Gasteiger charge is 2.08. The van der Waals surface area contributed by atoms with Crippen LogP contribution < -0.4 is 0 Å². The Labute approximate surface area is 79.2 Å². The second-order valence-corrected chi connectivity index (χ2v) is 2.93. The number of carbonyl (C=O) groups excluding carboxylic acids is 1. The van der Waals surface area contributed by atoms with Gasteiger partial charge in [0.05, 0.1) is 5.56 Å². The molecule has 4 heteroatoms. The quantitative estimate of drug-likeness (QED) is 0.706. The van der Waals surface area contributed by atoms with Crippen molar-refractivity contribution >= 4 is 23.2 Å². The van der Waals surface area contributed by atoms with Crippen LogP contribution in [0.25, 0.3) is 10.9 Å². The van der Waals surface area contributed by atoms with Gasteiger partial charge in [-0.25, -0.2) is 4.79 Å². The van der Waals surface area contributed by atoms with Gasteiger partial charge in [0.25, 0.3) is 0 Å². The number of aldehydes is 1. The van der Waals surface area contributed by atoms with Crippen LogP contribution in [0.5, 0.6) is 0 Å². The number of aromatic carboxylic acids is 1. The first-order chi connectivity index (χ1) is 6.72. The van der Waals surface area contributed by atoms with E-state index in [1.165, 1.54) is 12.1 Å². The molecule has 2 rings (SSSR count). The van der Waals surface area contributed by atoms with Crippen molar-refractivity contribution in [1.82, 2.24) is 4.98 Å². The Hall–Kier alpha value is -2.10. The molecule has 0 radical (unpaired) electrons. The monoisotopic (exact) mass is 189 g/mol. The topological polar surface area (TPSA) is 70.2 Å². The molecule has 0 amide bonds. The first kappa shape index (κ1) is 8.50. The zero-order valence-electron chi connectivity index (χ0n) is 7.15. The van der Waals surface area contributed by atoms with Crippen LogP contribution in [0, 0.1) is 0 Å². The van der Waals surface area contributed by atoms with Gasteiger partial charge < -0.3 is 10.1 Å². The van der Waals surface area contributed by atoms with Gasteiger partial charge in [0.15, 0.2) is 6.29 Å². The fourth-order valence-corrected chi connectivity index (χ4v) is 1.42. The summed E-state index contributed by atoms with van der Waals surface area (Å²) in [5, 5.41) is 9.51. The number of fused-ring (bicyclic) bond motifs is 1. The van der Waals surface area contributed by atoms with Crippen LogP contribution in [-0.4, -0.2) is 22.3 Å². The summed E-state index contributed by atoms with van der Waals surface area (Å²) in [6, 6.07) is 4.61. The van der Waals surface area contributed by atoms with Crippen LogP contribution >= 0.6 is 0 Å². The third kappa shape index (κ3) is 1.17. The zero-order chi connectivity index (χ0) is 10.1. The largest absolute Gasteiger partial charge is 0.478 e. The van der Waals surface area contributed by atoms with E-state index in [0.29, 0.717) is 17.4 Å². The van der Waals surface area contributed by atoms with Gasteiger partial charge in [0.1, 0.15) is 0 Å². The summed E-state index contributed by atoms with van der Waals surface area (Å²) in [6.07, 6.45) is 2.33. The van der Waals surface area contributed by atoms with Crippen molar-refractivity contribution in [3.63, 3.8) is 0 Å². The summed E-state index contributed by atoms with van der Waals surface area (Å²) in [7, 11) is 0. The van der Waals surface area contributed by atoms with Gasteiger partial charge in [-0.2, -0.15) is 0 Å². The lowest BCUT2D eigenvalue weighted by molar-refractivity contribution is 0.0697. The fourth-order valence-electron chi connectivity index (χ4n) is 1.42. The standard InChI is InChI=1S/C10H7NO3/c12-5-7-3-6(10(13)14)4-9-8(7)1-2-11-9/h1-5,11H,(H,13,14). The van der Waals surface area contributed by atoms with E-state index in [9.17, 15) is 9.59 Å². The Morgan fingerprint density at radius 1 is 1.43 bits per heavy atom. The van der Waals surface area contributed by atoms with Crippen molar-refractivity contribution < 1.29 is 14.7 Å². The Morgan fingerprint density at radius 2 is 2.21 bits per heavy atom. The minimum atomic E-state index is -1.04. The van der Waals surface area contributed by atoms with Crippen molar-refractivity contribution in [2.24, 2.45) is 0 Å². The number of aromatic amines is 1. The number of nitrogens with one attached hydrogen (secondary N) is 1. The van der Waals surface area contributed by atoms with E-state index in [-0.39, 0.29) is 5.56 Å². The molecule has 0 atom stereocenters. The van der Waals surface area contributed by atoms with Gasteiger partial charge in [0, 0.05) is 22.7 Å². The van der Waals surface area contributed by atoms with Crippen LogP contribution in [0.2, 0.25) is 0 Å². The van der Waals surface area contributed by atoms with Crippen molar-refractivity contribution in [3.05, 3.63) is 35.5 Å². The highest BCUT2D eigenvalue weighted by atomic mass is 16.4. The number of hydrogen-bond acceptors (Lipinski definition) is 2. The van der Waals surface area contributed by atoms with Crippen LogP contribution in [0.4, 0.5) is 0 Å². The number of H-pyrrole nitrogens is 1. The predicted octanol–water partition coefficient (Wildman–Crippen LogP) is 1.68. The summed E-state index contributed by atoms with van der Waals surface area (Å²) in [4.78, 5) is 24.3. The van der Waals surface area contributed by atoms with Gasteiger partial charge in [-0.05, 0) is 18.2 Å². The number of hydrogen-bond donors (Lipinski definition) is 2. The molecule has 0 saturated carbocycles. The van der Waals surface area contributed by atoms with Crippen LogP contribution in [0.15, 0.2) is 24.4 Å². The number of aromatic nitrogens is 1. The van der Waals surface area contributed by atoms with Crippen molar-refractivity contribution in [1.29, 1.82) is 0 Å². The molecule has 2 aromatic rings. The van der Waals surface area contributed by atoms with Gasteiger partial charge in [-0.15, -0.1) is 0 Å².